The van der Waals surface area contributed by atoms with Crippen molar-refractivity contribution in [3.63, 3.8) is 0 Å². The van der Waals surface area contributed by atoms with Gasteiger partial charge in [0.25, 0.3) is 0 Å². The van der Waals surface area contributed by atoms with Crippen molar-refractivity contribution >= 4 is 56.7 Å². The quantitative estimate of drug-likeness (QED) is 0.480. The predicted octanol–water partition coefficient (Wildman–Crippen LogP) is 3.96. The van der Waals surface area contributed by atoms with Crippen LogP contribution in [0.5, 0.6) is 0 Å². The molecule has 130 valence electrons. The average molecular weight is 398 g/mol. The van der Waals surface area contributed by atoms with E-state index in [0.29, 0.717) is 16.4 Å². The van der Waals surface area contributed by atoms with Gasteiger partial charge in [-0.25, -0.2) is 0 Å². The Morgan fingerprint density at radius 3 is 2.92 bits per heavy atom. The molecule has 0 aliphatic carbocycles. The Morgan fingerprint density at radius 2 is 2.24 bits per heavy atom. The van der Waals surface area contributed by atoms with E-state index >= 15 is 0 Å². The topological polar surface area (TPSA) is 90.6 Å². The monoisotopic (exact) mass is 397 g/mol. The number of hydrogen-bond acceptors (Lipinski definition) is 6. The molecule has 10 heteroatoms. The molecule has 2 heterocycles. The summed E-state index contributed by atoms with van der Waals surface area (Å²) in [6.07, 6.45) is 2.00. The number of aromatic nitrogens is 1. The highest BCUT2D eigenvalue weighted by Crippen LogP contribution is 2.22. The van der Waals surface area contributed by atoms with E-state index in [0.717, 1.165) is 22.0 Å². The Bertz CT molecular complexity index is 1020. The highest BCUT2D eigenvalue weighted by molar-refractivity contribution is 7.98. The zero-order chi connectivity index (χ0) is 18.0. The molecule has 3 rings (SSSR count). The van der Waals surface area contributed by atoms with Crippen molar-refractivity contribution in [3.8, 4) is 0 Å². The zero-order valence-corrected chi connectivity index (χ0v) is 15.4. The van der Waals surface area contributed by atoms with E-state index in [1.165, 1.54) is 17.4 Å². The number of furan rings is 1. The van der Waals surface area contributed by atoms with Crippen LogP contribution in [0.4, 0.5) is 5.88 Å². The smallest absolute Gasteiger partial charge is 0.395 e. The van der Waals surface area contributed by atoms with Gasteiger partial charge in [0, 0.05) is 17.3 Å². The van der Waals surface area contributed by atoms with E-state index in [4.69, 9.17) is 16.0 Å². The number of amides is 1. The van der Waals surface area contributed by atoms with Gasteiger partial charge in [0.05, 0.1) is 16.3 Å². The summed E-state index contributed by atoms with van der Waals surface area (Å²) in [5.41, 5.74) is 0.931. The van der Waals surface area contributed by atoms with Crippen molar-refractivity contribution in [1.29, 1.82) is 0 Å². The first-order chi connectivity index (χ1) is 12.0. The van der Waals surface area contributed by atoms with Crippen molar-refractivity contribution in [2.24, 2.45) is 4.99 Å². The number of aryl methyl sites for hydroxylation is 1. The normalized spacial score (nSPS) is 12.0. The summed E-state index contributed by atoms with van der Waals surface area (Å²) in [7, 11) is 0. The second-order valence-electron chi connectivity index (χ2n) is 4.95. The van der Waals surface area contributed by atoms with E-state index in [-0.39, 0.29) is 5.76 Å². The molecule has 0 saturated carbocycles. The summed E-state index contributed by atoms with van der Waals surface area (Å²) in [6.45, 7) is 0.674. The third-order valence-electron chi connectivity index (χ3n) is 3.34. The molecule has 0 saturated heterocycles. The fourth-order valence-corrected chi connectivity index (χ4v) is 3.91. The summed E-state index contributed by atoms with van der Waals surface area (Å²) in [6, 6.07) is 7.87. The molecule has 0 aliphatic heterocycles. The Morgan fingerprint density at radius 1 is 1.44 bits per heavy atom. The molecule has 0 atom stereocenters. The lowest BCUT2D eigenvalue weighted by Gasteiger charge is -2.03. The van der Waals surface area contributed by atoms with Gasteiger partial charge in [-0.15, -0.1) is 0 Å². The fourth-order valence-electron chi connectivity index (χ4n) is 2.21. The van der Waals surface area contributed by atoms with Crippen molar-refractivity contribution in [3.05, 3.63) is 56.0 Å². The predicted molar refractivity (Wildman–Crippen MR) is 98.5 cm³/mol. The highest BCUT2D eigenvalue weighted by Gasteiger charge is 2.17. The van der Waals surface area contributed by atoms with Crippen LogP contribution < -0.4 is 4.80 Å². The lowest BCUT2D eigenvalue weighted by molar-refractivity contribution is -0.402. The molecular weight excluding hydrogens is 386 g/mol. The first-order valence-corrected chi connectivity index (χ1v) is 9.69. The van der Waals surface area contributed by atoms with E-state index in [1.807, 2.05) is 23.0 Å². The highest BCUT2D eigenvalue weighted by atomic mass is 35.5. The van der Waals surface area contributed by atoms with Crippen molar-refractivity contribution in [2.75, 3.05) is 12.0 Å². The van der Waals surface area contributed by atoms with Crippen LogP contribution in [-0.2, 0) is 6.54 Å². The van der Waals surface area contributed by atoms with Crippen LogP contribution >= 0.6 is 34.7 Å². The van der Waals surface area contributed by atoms with Crippen LogP contribution in [-0.4, -0.2) is 27.4 Å². The molecule has 0 N–H and O–H groups in total. The van der Waals surface area contributed by atoms with Crippen molar-refractivity contribution in [1.82, 2.24) is 4.57 Å². The minimum absolute atomic E-state index is 0.168. The molecule has 0 radical (unpaired) electrons. The van der Waals surface area contributed by atoms with Crippen molar-refractivity contribution < 1.29 is 14.1 Å². The second kappa shape index (κ2) is 7.42. The van der Waals surface area contributed by atoms with Crippen LogP contribution in [0.3, 0.4) is 0 Å². The average Bonchev–Trinajstić information content (AvgIpc) is 3.17. The Hall–Kier alpha value is -2.10. The van der Waals surface area contributed by atoms with E-state index in [1.54, 1.807) is 17.8 Å². The number of carbonyl (C=O) groups excluding carboxylic acids is 1. The second-order valence-corrected chi connectivity index (χ2v) is 7.38. The number of hydrogen-bond donors (Lipinski definition) is 0. The first kappa shape index (κ1) is 17.7. The first-order valence-electron chi connectivity index (χ1n) is 7.10. The van der Waals surface area contributed by atoms with Crippen LogP contribution in [0.1, 0.15) is 10.6 Å². The number of benzene rings is 1. The van der Waals surface area contributed by atoms with E-state index in [2.05, 4.69) is 4.99 Å². The van der Waals surface area contributed by atoms with Crippen LogP contribution in [0.2, 0.25) is 5.02 Å². The number of rotatable bonds is 5. The van der Waals surface area contributed by atoms with Crippen LogP contribution in [0, 0.1) is 10.1 Å². The number of carbonyl (C=O) groups is 1. The maximum atomic E-state index is 12.3. The largest absolute Gasteiger partial charge is 0.433 e. The summed E-state index contributed by atoms with van der Waals surface area (Å²) < 4.78 is 7.76. The number of thiazole rings is 1. The Balaban J connectivity index is 2.07. The van der Waals surface area contributed by atoms with Gasteiger partial charge in [-0.05, 0) is 30.5 Å². The molecular formula is C15H12ClN3O4S2. The molecule has 2 aromatic heterocycles. The number of halogens is 1. The van der Waals surface area contributed by atoms with Gasteiger partial charge >= 0.3 is 11.8 Å². The van der Waals surface area contributed by atoms with Crippen LogP contribution in [0.25, 0.3) is 10.2 Å². The summed E-state index contributed by atoms with van der Waals surface area (Å²) >= 11 is 9.05. The van der Waals surface area contributed by atoms with Gasteiger partial charge in [-0.3, -0.25) is 14.9 Å². The molecule has 0 unspecified atom stereocenters. The van der Waals surface area contributed by atoms with Crippen molar-refractivity contribution in [2.45, 2.75) is 6.54 Å². The molecule has 3 aromatic rings. The summed E-state index contributed by atoms with van der Waals surface area (Å²) in [4.78, 5) is 26.9. The summed E-state index contributed by atoms with van der Waals surface area (Å²) in [5, 5.41) is 11.3. The molecule has 0 aliphatic rings. The fraction of sp³-hybridized carbons (Fsp3) is 0.200. The minimum atomic E-state index is -0.698. The van der Waals surface area contributed by atoms with E-state index < -0.39 is 16.7 Å². The number of thioether (sulfide) groups is 1. The molecule has 1 aromatic carbocycles. The lowest BCUT2D eigenvalue weighted by Crippen LogP contribution is -2.18. The zero-order valence-electron chi connectivity index (χ0n) is 13.0. The maximum Gasteiger partial charge on any atom is 0.433 e. The molecule has 1 amide bonds. The SMILES string of the molecule is CSCCn1c(=NC(=O)c2ccc([N+](=O)[O-])o2)sc2cc(Cl)ccc21. The third kappa shape index (κ3) is 3.78. The third-order valence-corrected chi connectivity index (χ3v) is 5.21. The van der Waals surface area contributed by atoms with Gasteiger partial charge in [0.2, 0.25) is 5.76 Å². The standard InChI is InChI=1S/C15H12ClN3O4S2/c1-24-7-6-18-10-3-2-9(16)8-12(10)25-15(18)17-14(20)11-4-5-13(23-11)19(21)22/h2-5,8H,6-7H2,1H3. The molecule has 0 bridgehead atoms. The molecule has 25 heavy (non-hydrogen) atoms. The minimum Gasteiger partial charge on any atom is -0.395 e. The number of nitrogens with zero attached hydrogens (tertiary/aromatic N) is 3. The molecule has 7 nitrogen and oxygen atoms in total. The van der Waals surface area contributed by atoms with Gasteiger partial charge < -0.3 is 8.98 Å². The summed E-state index contributed by atoms with van der Waals surface area (Å²) in [5.74, 6) is -0.471. The van der Waals surface area contributed by atoms with Crippen LogP contribution in [0.15, 0.2) is 39.7 Å². The molecule has 0 spiro atoms. The van der Waals surface area contributed by atoms with Gasteiger partial charge in [0.1, 0.15) is 4.92 Å². The lowest BCUT2D eigenvalue weighted by atomic mass is 10.3. The van der Waals surface area contributed by atoms with E-state index in [9.17, 15) is 14.9 Å². The molecule has 0 fully saturated rings. The Labute approximate surface area is 155 Å². The van der Waals surface area contributed by atoms with Gasteiger partial charge in [-0.2, -0.15) is 16.8 Å². The number of nitro groups is 1. The van der Waals surface area contributed by atoms with Gasteiger partial charge in [0.15, 0.2) is 4.80 Å². The Kier molecular flexibility index (Phi) is 5.26. The maximum absolute atomic E-state index is 12.3. The van der Waals surface area contributed by atoms with Gasteiger partial charge in [-0.1, -0.05) is 22.9 Å². The number of fused-ring (bicyclic) bond motifs is 1.